The van der Waals surface area contributed by atoms with E-state index in [2.05, 4.69) is 11.4 Å². The first kappa shape index (κ1) is 10.0. The average molecular weight is 205 g/mol. The number of hydrogen-bond donors (Lipinski definition) is 1. The second kappa shape index (κ2) is 3.93. The predicted molar refractivity (Wildman–Crippen MR) is 57.8 cm³/mol. The van der Waals surface area contributed by atoms with Gasteiger partial charge in [0.25, 0.3) is 0 Å². The largest absolute Gasteiger partial charge is 0.488 e. The first-order valence-electron chi connectivity index (χ1n) is 5.18. The van der Waals surface area contributed by atoms with Crippen molar-refractivity contribution in [1.29, 1.82) is 0 Å². The molecule has 0 saturated heterocycles. The minimum Gasteiger partial charge on any atom is -0.488 e. The van der Waals surface area contributed by atoms with Gasteiger partial charge in [-0.05, 0) is 18.6 Å². The summed E-state index contributed by atoms with van der Waals surface area (Å²) in [5.41, 5.74) is 1.22. The lowest BCUT2D eigenvalue weighted by atomic mass is 10.1. The number of hydrogen-bond acceptors (Lipinski definition) is 2. The molecule has 0 aromatic heterocycles. The van der Waals surface area contributed by atoms with Crippen LogP contribution >= 0.6 is 0 Å². The third-order valence-corrected chi connectivity index (χ3v) is 2.66. The van der Waals surface area contributed by atoms with Crippen molar-refractivity contribution >= 4 is 5.91 Å². The summed E-state index contributed by atoms with van der Waals surface area (Å²) in [5, 5.41) is 2.86. The van der Waals surface area contributed by atoms with Crippen molar-refractivity contribution in [2.45, 2.75) is 32.4 Å². The normalized spacial score (nSPS) is 20.3. The zero-order valence-electron chi connectivity index (χ0n) is 8.99. The van der Waals surface area contributed by atoms with Crippen LogP contribution < -0.4 is 10.1 Å². The fraction of sp³-hybridized carbons (Fsp3) is 0.417. The number of fused-ring (bicyclic) bond motifs is 1. The summed E-state index contributed by atoms with van der Waals surface area (Å²) in [5.74, 6) is 0.932. The first-order chi connectivity index (χ1) is 7.16. The second-order valence-electron chi connectivity index (χ2n) is 3.96. The summed E-state index contributed by atoms with van der Waals surface area (Å²) in [6.07, 6.45) is 0.934. The molecule has 1 heterocycles. The van der Waals surface area contributed by atoms with E-state index in [1.54, 1.807) is 0 Å². The van der Waals surface area contributed by atoms with Crippen LogP contribution in [0.5, 0.6) is 5.75 Å². The van der Waals surface area contributed by atoms with Gasteiger partial charge < -0.3 is 10.1 Å². The zero-order valence-corrected chi connectivity index (χ0v) is 8.99. The second-order valence-corrected chi connectivity index (χ2v) is 3.96. The molecule has 0 spiro atoms. The van der Waals surface area contributed by atoms with E-state index in [0.717, 1.165) is 12.2 Å². The Balaban J connectivity index is 2.03. The van der Waals surface area contributed by atoms with Crippen molar-refractivity contribution in [1.82, 2.24) is 5.32 Å². The highest BCUT2D eigenvalue weighted by atomic mass is 16.5. The molecule has 0 radical (unpaired) electrons. The SMILES string of the molecule is CC(=O)N[C@H](C)[C@@H]1Cc2ccccc2O1. The van der Waals surface area contributed by atoms with Gasteiger partial charge in [0.15, 0.2) is 0 Å². The van der Waals surface area contributed by atoms with Gasteiger partial charge in [-0.2, -0.15) is 0 Å². The molecule has 15 heavy (non-hydrogen) atoms. The maximum Gasteiger partial charge on any atom is 0.217 e. The summed E-state index contributed by atoms with van der Waals surface area (Å²) in [7, 11) is 0. The van der Waals surface area contributed by atoms with Crippen LogP contribution in [0.25, 0.3) is 0 Å². The molecule has 0 unspecified atom stereocenters. The van der Waals surface area contributed by atoms with E-state index in [4.69, 9.17) is 4.74 Å². The van der Waals surface area contributed by atoms with Gasteiger partial charge in [-0.1, -0.05) is 18.2 Å². The van der Waals surface area contributed by atoms with E-state index >= 15 is 0 Å². The number of para-hydroxylation sites is 1. The van der Waals surface area contributed by atoms with Crippen molar-refractivity contribution in [3.63, 3.8) is 0 Å². The number of carbonyl (C=O) groups is 1. The highest BCUT2D eigenvalue weighted by Gasteiger charge is 2.27. The Bertz CT molecular complexity index is 351. The van der Waals surface area contributed by atoms with Gasteiger partial charge in [0.2, 0.25) is 5.91 Å². The topological polar surface area (TPSA) is 38.3 Å². The van der Waals surface area contributed by atoms with Crippen LogP contribution in [0.3, 0.4) is 0 Å². The van der Waals surface area contributed by atoms with Crippen molar-refractivity contribution in [2.75, 3.05) is 0 Å². The molecule has 0 fully saturated rings. The molecule has 2 rings (SSSR count). The monoisotopic (exact) mass is 205 g/mol. The smallest absolute Gasteiger partial charge is 0.217 e. The lowest BCUT2D eigenvalue weighted by molar-refractivity contribution is -0.120. The van der Waals surface area contributed by atoms with E-state index in [0.29, 0.717) is 0 Å². The number of nitrogens with one attached hydrogen (secondary N) is 1. The van der Waals surface area contributed by atoms with Gasteiger partial charge in [-0.25, -0.2) is 0 Å². The predicted octanol–water partition coefficient (Wildman–Crippen LogP) is 1.51. The van der Waals surface area contributed by atoms with E-state index in [1.165, 1.54) is 12.5 Å². The molecule has 3 nitrogen and oxygen atoms in total. The summed E-state index contributed by atoms with van der Waals surface area (Å²) >= 11 is 0. The maximum absolute atomic E-state index is 10.9. The van der Waals surface area contributed by atoms with E-state index in [-0.39, 0.29) is 18.1 Å². The Kier molecular flexibility index (Phi) is 2.62. The van der Waals surface area contributed by atoms with Crippen molar-refractivity contribution < 1.29 is 9.53 Å². The highest BCUT2D eigenvalue weighted by Crippen LogP contribution is 2.29. The molecule has 0 bridgehead atoms. The number of amides is 1. The van der Waals surface area contributed by atoms with E-state index < -0.39 is 0 Å². The molecule has 1 aromatic carbocycles. The number of carbonyl (C=O) groups excluding carboxylic acids is 1. The summed E-state index contributed by atoms with van der Waals surface area (Å²) in [4.78, 5) is 10.9. The number of rotatable bonds is 2. The Morgan fingerprint density at radius 1 is 1.53 bits per heavy atom. The van der Waals surface area contributed by atoms with E-state index in [1.807, 2.05) is 25.1 Å². The molecule has 3 heteroatoms. The molecule has 1 aromatic rings. The minimum absolute atomic E-state index is 0.0120. The first-order valence-corrected chi connectivity index (χ1v) is 5.18. The molecule has 0 aliphatic carbocycles. The van der Waals surface area contributed by atoms with Crippen molar-refractivity contribution in [2.24, 2.45) is 0 Å². The van der Waals surface area contributed by atoms with Crippen LogP contribution in [0.2, 0.25) is 0 Å². The van der Waals surface area contributed by atoms with Crippen LogP contribution in [-0.4, -0.2) is 18.1 Å². The lowest BCUT2D eigenvalue weighted by Crippen LogP contribution is -2.42. The average Bonchev–Trinajstić information content (AvgIpc) is 2.59. The van der Waals surface area contributed by atoms with Crippen molar-refractivity contribution in [3.05, 3.63) is 29.8 Å². The van der Waals surface area contributed by atoms with Crippen molar-refractivity contribution in [3.8, 4) is 5.75 Å². The summed E-state index contributed by atoms with van der Waals surface area (Å²) in [6, 6.07) is 8.05. The number of ether oxygens (including phenoxy) is 1. The molecule has 80 valence electrons. The molecule has 1 aliphatic rings. The molecule has 0 saturated carbocycles. The fourth-order valence-electron chi connectivity index (χ4n) is 1.90. The molecule has 1 N–H and O–H groups in total. The molecular formula is C12H15NO2. The Labute approximate surface area is 89.4 Å². The number of benzene rings is 1. The lowest BCUT2D eigenvalue weighted by Gasteiger charge is -2.19. The van der Waals surface area contributed by atoms with Gasteiger partial charge in [-0.15, -0.1) is 0 Å². The Morgan fingerprint density at radius 2 is 2.27 bits per heavy atom. The van der Waals surface area contributed by atoms with Gasteiger partial charge in [0, 0.05) is 13.3 Å². The zero-order chi connectivity index (χ0) is 10.8. The van der Waals surface area contributed by atoms with Crippen LogP contribution in [0.1, 0.15) is 19.4 Å². The summed E-state index contributed by atoms with van der Waals surface area (Å²) in [6.45, 7) is 3.50. The highest BCUT2D eigenvalue weighted by molar-refractivity contribution is 5.73. The quantitative estimate of drug-likeness (QED) is 0.794. The molecular weight excluding hydrogens is 190 g/mol. The van der Waals surface area contributed by atoms with Gasteiger partial charge in [0.1, 0.15) is 11.9 Å². The molecule has 1 aliphatic heterocycles. The van der Waals surface area contributed by atoms with Gasteiger partial charge >= 0.3 is 0 Å². The maximum atomic E-state index is 10.9. The molecule has 2 atom stereocenters. The Morgan fingerprint density at radius 3 is 2.93 bits per heavy atom. The van der Waals surface area contributed by atoms with Crippen LogP contribution in [0.4, 0.5) is 0 Å². The van der Waals surface area contributed by atoms with Crippen LogP contribution in [0, 0.1) is 0 Å². The van der Waals surface area contributed by atoms with Crippen LogP contribution in [-0.2, 0) is 11.2 Å². The van der Waals surface area contributed by atoms with E-state index in [9.17, 15) is 4.79 Å². The standard InChI is InChI=1S/C12H15NO2/c1-8(13-9(2)14)12-7-10-5-3-4-6-11(10)15-12/h3-6,8,12H,7H2,1-2H3,(H,13,14)/t8-,12+/m1/s1. The third-order valence-electron chi connectivity index (χ3n) is 2.66. The summed E-state index contributed by atoms with van der Waals surface area (Å²) < 4.78 is 5.75. The van der Waals surface area contributed by atoms with Gasteiger partial charge in [0.05, 0.1) is 6.04 Å². The third kappa shape index (κ3) is 2.12. The van der Waals surface area contributed by atoms with Crippen LogP contribution in [0.15, 0.2) is 24.3 Å². The van der Waals surface area contributed by atoms with Gasteiger partial charge in [-0.3, -0.25) is 4.79 Å². The minimum atomic E-state index is -0.0120. The molecule has 1 amide bonds. The Hall–Kier alpha value is -1.51. The fourth-order valence-corrected chi connectivity index (χ4v) is 1.90.